The topological polar surface area (TPSA) is 55.5 Å². The molecule has 0 amide bonds. The molecule has 3 heteroatoms. The van der Waals surface area contributed by atoms with Crippen LogP contribution in [0.25, 0.3) is 0 Å². The molecule has 3 nitrogen and oxygen atoms in total. The number of hydrogen-bond donors (Lipinski definition) is 2. The molecule has 0 fully saturated rings. The minimum atomic E-state index is 0.207. The van der Waals surface area contributed by atoms with Crippen molar-refractivity contribution in [2.45, 2.75) is 31.7 Å². The van der Waals surface area contributed by atoms with Crippen LogP contribution in [0.4, 0.5) is 0 Å². The normalized spacial score (nSPS) is 18.5. The predicted octanol–water partition coefficient (Wildman–Crippen LogP) is 1.78. The van der Waals surface area contributed by atoms with E-state index in [9.17, 15) is 0 Å². The second kappa shape index (κ2) is 5.32. The van der Waals surface area contributed by atoms with Crippen LogP contribution in [0.5, 0.6) is 5.75 Å². The molecule has 1 aliphatic rings. The fourth-order valence-corrected chi connectivity index (χ4v) is 2.12. The molecule has 0 unspecified atom stereocenters. The lowest BCUT2D eigenvalue weighted by Gasteiger charge is -2.09. The zero-order chi connectivity index (χ0) is 11.4. The van der Waals surface area contributed by atoms with Crippen molar-refractivity contribution in [3.8, 4) is 5.75 Å². The Labute approximate surface area is 96.2 Å². The van der Waals surface area contributed by atoms with Gasteiger partial charge in [0.15, 0.2) is 0 Å². The van der Waals surface area contributed by atoms with Gasteiger partial charge in [0.25, 0.3) is 0 Å². The van der Waals surface area contributed by atoms with E-state index in [1.54, 1.807) is 0 Å². The molecule has 2 rings (SSSR count). The van der Waals surface area contributed by atoms with Crippen LogP contribution in [0.3, 0.4) is 0 Å². The molecule has 16 heavy (non-hydrogen) atoms. The standard InChI is InChI=1S/C13H19NO2/c14-13-6-3-10-9-11(4-5-12(10)13)16-8-2-1-7-15/h4-5,9,13,15H,1-3,6-8,14H2/t13-/m0/s1. The molecule has 3 N–H and O–H groups in total. The summed E-state index contributed by atoms with van der Waals surface area (Å²) < 4.78 is 5.62. The third-order valence-corrected chi connectivity index (χ3v) is 3.06. The molecule has 0 heterocycles. The van der Waals surface area contributed by atoms with Gasteiger partial charge in [-0.2, -0.15) is 0 Å². The summed E-state index contributed by atoms with van der Waals surface area (Å²) in [6.07, 6.45) is 3.80. The minimum absolute atomic E-state index is 0.207. The van der Waals surface area contributed by atoms with Crippen molar-refractivity contribution >= 4 is 0 Å². The molecule has 0 saturated heterocycles. The van der Waals surface area contributed by atoms with Gasteiger partial charge < -0.3 is 15.6 Å². The van der Waals surface area contributed by atoms with Gasteiger partial charge in [0.2, 0.25) is 0 Å². The molecule has 0 saturated carbocycles. The summed E-state index contributed by atoms with van der Waals surface area (Å²) in [6, 6.07) is 6.37. The molecule has 0 aromatic heterocycles. The summed E-state index contributed by atoms with van der Waals surface area (Å²) in [5, 5.41) is 8.65. The van der Waals surface area contributed by atoms with E-state index in [2.05, 4.69) is 12.1 Å². The molecular weight excluding hydrogens is 202 g/mol. The number of unbranched alkanes of at least 4 members (excludes halogenated alkanes) is 1. The van der Waals surface area contributed by atoms with Gasteiger partial charge in [-0.1, -0.05) is 6.07 Å². The Kier molecular flexibility index (Phi) is 3.80. The van der Waals surface area contributed by atoms with E-state index in [1.165, 1.54) is 11.1 Å². The largest absolute Gasteiger partial charge is 0.494 e. The summed E-state index contributed by atoms with van der Waals surface area (Å²) >= 11 is 0. The Morgan fingerprint density at radius 2 is 2.25 bits per heavy atom. The molecule has 1 aliphatic carbocycles. The van der Waals surface area contributed by atoms with Crippen LogP contribution in [0.2, 0.25) is 0 Å². The molecule has 1 aromatic carbocycles. The summed E-state index contributed by atoms with van der Waals surface area (Å²) in [5.74, 6) is 0.922. The summed E-state index contributed by atoms with van der Waals surface area (Å²) in [7, 11) is 0. The molecule has 0 bridgehead atoms. The van der Waals surface area contributed by atoms with E-state index in [1.807, 2.05) is 6.07 Å². The van der Waals surface area contributed by atoms with E-state index in [4.69, 9.17) is 15.6 Å². The number of benzene rings is 1. The highest BCUT2D eigenvalue weighted by Crippen LogP contribution is 2.31. The van der Waals surface area contributed by atoms with Gasteiger partial charge >= 0.3 is 0 Å². The lowest BCUT2D eigenvalue weighted by Crippen LogP contribution is -2.05. The number of rotatable bonds is 5. The van der Waals surface area contributed by atoms with E-state index in [0.29, 0.717) is 6.61 Å². The summed E-state index contributed by atoms with van der Waals surface area (Å²) in [6.45, 7) is 0.911. The maximum Gasteiger partial charge on any atom is 0.119 e. The maximum atomic E-state index is 8.65. The van der Waals surface area contributed by atoms with Gasteiger partial charge in [0.05, 0.1) is 6.61 Å². The van der Waals surface area contributed by atoms with E-state index < -0.39 is 0 Å². The Hall–Kier alpha value is -1.06. The Bertz CT molecular complexity index is 352. The number of aryl methyl sites for hydroxylation is 1. The number of ether oxygens (including phenoxy) is 1. The Morgan fingerprint density at radius 3 is 3.06 bits per heavy atom. The number of fused-ring (bicyclic) bond motifs is 1. The zero-order valence-corrected chi connectivity index (χ0v) is 9.48. The molecule has 1 atom stereocenters. The summed E-state index contributed by atoms with van der Waals surface area (Å²) in [4.78, 5) is 0. The van der Waals surface area contributed by atoms with Gasteiger partial charge in [-0.05, 0) is 48.9 Å². The van der Waals surface area contributed by atoms with Crippen molar-refractivity contribution in [2.24, 2.45) is 5.73 Å². The van der Waals surface area contributed by atoms with Crippen LogP contribution in [-0.4, -0.2) is 18.3 Å². The number of hydrogen-bond acceptors (Lipinski definition) is 3. The molecule has 0 radical (unpaired) electrons. The Morgan fingerprint density at radius 1 is 1.38 bits per heavy atom. The van der Waals surface area contributed by atoms with Gasteiger partial charge in [-0.25, -0.2) is 0 Å². The molecule has 1 aromatic rings. The van der Waals surface area contributed by atoms with Crippen LogP contribution < -0.4 is 10.5 Å². The lowest BCUT2D eigenvalue weighted by atomic mass is 10.1. The van der Waals surface area contributed by atoms with Crippen molar-refractivity contribution in [3.63, 3.8) is 0 Å². The highest BCUT2D eigenvalue weighted by Gasteiger charge is 2.18. The third-order valence-electron chi connectivity index (χ3n) is 3.06. The van der Waals surface area contributed by atoms with Crippen LogP contribution in [0.15, 0.2) is 18.2 Å². The fourth-order valence-electron chi connectivity index (χ4n) is 2.12. The number of aliphatic hydroxyl groups excluding tert-OH is 1. The van der Waals surface area contributed by atoms with Crippen molar-refractivity contribution in [2.75, 3.05) is 13.2 Å². The average molecular weight is 221 g/mol. The smallest absolute Gasteiger partial charge is 0.119 e. The first kappa shape index (κ1) is 11.4. The quantitative estimate of drug-likeness (QED) is 0.745. The second-order valence-electron chi connectivity index (χ2n) is 4.28. The lowest BCUT2D eigenvalue weighted by molar-refractivity contribution is 0.253. The monoisotopic (exact) mass is 221 g/mol. The van der Waals surface area contributed by atoms with Crippen molar-refractivity contribution in [1.82, 2.24) is 0 Å². The number of nitrogens with two attached hydrogens (primary N) is 1. The van der Waals surface area contributed by atoms with Crippen LogP contribution in [0, 0.1) is 0 Å². The van der Waals surface area contributed by atoms with Gasteiger partial charge in [0, 0.05) is 12.6 Å². The van der Waals surface area contributed by atoms with Gasteiger partial charge in [-0.15, -0.1) is 0 Å². The van der Waals surface area contributed by atoms with E-state index >= 15 is 0 Å². The fraction of sp³-hybridized carbons (Fsp3) is 0.538. The van der Waals surface area contributed by atoms with Gasteiger partial charge in [0.1, 0.15) is 5.75 Å². The molecule has 0 aliphatic heterocycles. The molecular formula is C13H19NO2. The zero-order valence-electron chi connectivity index (χ0n) is 9.48. The van der Waals surface area contributed by atoms with Crippen molar-refractivity contribution < 1.29 is 9.84 Å². The van der Waals surface area contributed by atoms with Crippen molar-refractivity contribution in [1.29, 1.82) is 0 Å². The first-order chi connectivity index (χ1) is 7.81. The first-order valence-corrected chi connectivity index (χ1v) is 5.93. The predicted molar refractivity (Wildman–Crippen MR) is 63.5 cm³/mol. The maximum absolute atomic E-state index is 8.65. The Balaban J connectivity index is 1.92. The van der Waals surface area contributed by atoms with Crippen LogP contribution in [0.1, 0.15) is 36.4 Å². The van der Waals surface area contributed by atoms with Crippen LogP contribution in [-0.2, 0) is 6.42 Å². The summed E-state index contributed by atoms with van der Waals surface area (Å²) in [5.41, 5.74) is 8.56. The molecule has 88 valence electrons. The second-order valence-corrected chi connectivity index (χ2v) is 4.28. The van der Waals surface area contributed by atoms with Crippen LogP contribution >= 0.6 is 0 Å². The highest BCUT2D eigenvalue weighted by atomic mass is 16.5. The highest BCUT2D eigenvalue weighted by molar-refractivity contribution is 5.40. The van der Waals surface area contributed by atoms with E-state index in [0.717, 1.165) is 31.4 Å². The van der Waals surface area contributed by atoms with Gasteiger partial charge in [-0.3, -0.25) is 0 Å². The minimum Gasteiger partial charge on any atom is -0.494 e. The van der Waals surface area contributed by atoms with E-state index in [-0.39, 0.29) is 12.6 Å². The van der Waals surface area contributed by atoms with Crippen molar-refractivity contribution in [3.05, 3.63) is 29.3 Å². The number of aliphatic hydroxyl groups is 1. The third kappa shape index (κ3) is 2.54. The average Bonchev–Trinajstić information content (AvgIpc) is 2.66. The molecule has 0 spiro atoms. The first-order valence-electron chi connectivity index (χ1n) is 5.93. The SMILES string of the molecule is N[C@H]1CCc2cc(OCCCCO)ccc21.